The number of anilines is 1. The Morgan fingerprint density at radius 3 is 2.70 bits per heavy atom. The van der Waals surface area contributed by atoms with Crippen LogP contribution in [0.4, 0.5) is 10.1 Å². The van der Waals surface area contributed by atoms with E-state index in [1.54, 1.807) is 25.1 Å². The molecule has 3 aromatic rings. The molecular weight excluding hydrogens is 415 g/mol. The van der Waals surface area contributed by atoms with E-state index in [0.717, 1.165) is 0 Å². The molecule has 0 saturated carbocycles. The van der Waals surface area contributed by atoms with Crippen molar-refractivity contribution in [1.29, 1.82) is 0 Å². The summed E-state index contributed by atoms with van der Waals surface area (Å²) in [6.07, 6.45) is -0.0756. The molecule has 0 aliphatic rings. The molecule has 1 aromatic heterocycles. The molecule has 0 amide bonds. The van der Waals surface area contributed by atoms with Crippen molar-refractivity contribution in [2.24, 2.45) is 0 Å². The highest BCUT2D eigenvalue weighted by Crippen LogP contribution is 2.27. The normalized spacial score (nSPS) is 11.6. The van der Waals surface area contributed by atoms with Gasteiger partial charge < -0.3 is 14.3 Å². The minimum absolute atomic E-state index is 0.0756. The summed E-state index contributed by atoms with van der Waals surface area (Å²) in [6.45, 7) is 1.70. The van der Waals surface area contributed by atoms with E-state index in [1.165, 1.54) is 25.2 Å². The van der Waals surface area contributed by atoms with Crippen LogP contribution >= 0.6 is 0 Å². The number of halogens is 1. The second-order valence-electron chi connectivity index (χ2n) is 6.49. The first-order valence-electron chi connectivity index (χ1n) is 9.04. The van der Waals surface area contributed by atoms with Crippen LogP contribution in [0.2, 0.25) is 0 Å². The minimum atomic E-state index is -3.89. The zero-order valence-electron chi connectivity index (χ0n) is 16.4. The molecule has 0 unspecified atom stereocenters. The van der Waals surface area contributed by atoms with Crippen molar-refractivity contribution in [2.75, 3.05) is 25.0 Å². The molecule has 0 spiro atoms. The Balaban J connectivity index is 1.99. The number of aryl methyl sites for hydroxylation is 1. The lowest BCUT2D eigenvalue weighted by molar-refractivity contribution is 0.201. The van der Waals surface area contributed by atoms with Crippen LogP contribution in [0.15, 0.2) is 45.6 Å². The lowest BCUT2D eigenvalue weighted by Gasteiger charge is -2.12. The van der Waals surface area contributed by atoms with E-state index < -0.39 is 21.7 Å². The molecule has 30 heavy (non-hydrogen) atoms. The molecule has 1 heterocycles. The van der Waals surface area contributed by atoms with Crippen molar-refractivity contribution in [3.8, 4) is 5.75 Å². The quantitative estimate of drug-likeness (QED) is 0.466. The van der Waals surface area contributed by atoms with Crippen molar-refractivity contribution in [3.05, 3.63) is 69.3 Å². The van der Waals surface area contributed by atoms with Crippen molar-refractivity contribution < 1.29 is 27.1 Å². The Kier molecular flexibility index (Phi) is 6.40. The summed E-state index contributed by atoms with van der Waals surface area (Å²) >= 11 is 0. The third-order valence-corrected chi connectivity index (χ3v) is 5.60. The van der Waals surface area contributed by atoms with Crippen LogP contribution in [0.1, 0.15) is 16.7 Å². The van der Waals surface area contributed by atoms with Gasteiger partial charge in [-0.05, 0) is 36.2 Å². The minimum Gasteiger partial charge on any atom is -0.491 e. The summed E-state index contributed by atoms with van der Waals surface area (Å²) in [4.78, 5) is 12.6. The van der Waals surface area contributed by atoms with E-state index in [4.69, 9.17) is 14.3 Å². The fraction of sp³-hybridized carbons (Fsp3) is 0.250. The molecule has 0 saturated heterocycles. The zero-order valence-corrected chi connectivity index (χ0v) is 17.2. The van der Waals surface area contributed by atoms with Gasteiger partial charge in [0.05, 0.1) is 12.3 Å². The van der Waals surface area contributed by atoms with Gasteiger partial charge in [-0.15, -0.1) is 0 Å². The third kappa shape index (κ3) is 4.61. The van der Waals surface area contributed by atoms with Crippen molar-refractivity contribution in [3.63, 3.8) is 0 Å². The van der Waals surface area contributed by atoms with Gasteiger partial charge >= 0.3 is 5.63 Å². The van der Waals surface area contributed by atoms with Gasteiger partial charge in [-0.3, -0.25) is 4.72 Å². The average Bonchev–Trinajstić information content (AvgIpc) is 2.71. The summed E-state index contributed by atoms with van der Waals surface area (Å²) in [7, 11) is -2.69. The van der Waals surface area contributed by atoms with Crippen LogP contribution in [-0.4, -0.2) is 33.8 Å². The first-order chi connectivity index (χ1) is 14.3. The van der Waals surface area contributed by atoms with E-state index in [2.05, 4.69) is 4.72 Å². The molecule has 3 N–H and O–H groups in total. The highest BCUT2D eigenvalue weighted by atomic mass is 32.2. The fourth-order valence-corrected chi connectivity index (χ4v) is 3.56. The monoisotopic (exact) mass is 436 g/mol. The molecule has 0 radical (unpaired) electrons. The fourth-order valence-electron chi connectivity index (χ4n) is 3.01. The molecular formula is C20H21FN2O6S. The van der Waals surface area contributed by atoms with Crippen molar-refractivity contribution >= 4 is 26.9 Å². The maximum Gasteiger partial charge on any atom is 0.340 e. The van der Waals surface area contributed by atoms with E-state index >= 15 is 0 Å². The first kappa shape index (κ1) is 21.8. The number of benzene rings is 2. The molecule has 160 valence electrons. The molecule has 0 aliphatic carbocycles. The SMILES string of the molecule is CNS(=O)(=O)Nc1cccc(Cc2c(C)c3ccc(OCCO)cc3oc2=O)c1F. The molecule has 3 rings (SSSR count). The highest BCUT2D eigenvalue weighted by Gasteiger charge is 2.18. The molecule has 0 fully saturated rings. The Bertz CT molecular complexity index is 1240. The number of hydrogen-bond acceptors (Lipinski definition) is 6. The van der Waals surface area contributed by atoms with Crippen LogP contribution in [0.25, 0.3) is 11.0 Å². The Hall–Kier alpha value is -2.95. The largest absolute Gasteiger partial charge is 0.491 e. The van der Waals surface area contributed by atoms with Crippen molar-refractivity contribution in [1.82, 2.24) is 4.72 Å². The van der Waals surface area contributed by atoms with Gasteiger partial charge in [-0.25, -0.2) is 13.9 Å². The number of ether oxygens (including phenoxy) is 1. The van der Waals surface area contributed by atoms with Gasteiger partial charge in [0.2, 0.25) is 0 Å². The smallest absolute Gasteiger partial charge is 0.340 e. The topological polar surface area (TPSA) is 118 Å². The first-order valence-corrected chi connectivity index (χ1v) is 10.5. The predicted octanol–water partition coefficient (Wildman–Crippen LogP) is 2.08. The van der Waals surface area contributed by atoms with Gasteiger partial charge in [0.15, 0.2) is 5.82 Å². The molecule has 0 bridgehead atoms. The van der Waals surface area contributed by atoms with Crippen LogP contribution < -0.4 is 19.8 Å². The lowest BCUT2D eigenvalue weighted by Crippen LogP contribution is -2.27. The van der Waals surface area contributed by atoms with Crippen molar-refractivity contribution in [2.45, 2.75) is 13.3 Å². The van der Waals surface area contributed by atoms with Crippen LogP contribution in [0.5, 0.6) is 5.75 Å². The molecule has 10 heteroatoms. The number of rotatable bonds is 8. The predicted molar refractivity (Wildman–Crippen MR) is 111 cm³/mol. The molecule has 2 aromatic carbocycles. The summed E-state index contributed by atoms with van der Waals surface area (Å²) in [5.41, 5.74) is 0.488. The number of aliphatic hydroxyl groups is 1. The molecule has 0 aliphatic heterocycles. The summed E-state index contributed by atoms with van der Waals surface area (Å²) in [5.74, 6) is -0.328. The third-order valence-electron chi connectivity index (χ3n) is 4.58. The molecule has 0 atom stereocenters. The number of fused-ring (bicyclic) bond motifs is 1. The highest BCUT2D eigenvalue weighted by molar-refractivity contribution is 7.90. The van der Waals surface area contributed by atoms with Gasteiger partial charge in [-0.1, -0.05) is 12.1 Å². The van der Waals surface area contributed by atoms with E-state index in [9.17, 15) is 17.6 Å². The van der Waals surface area contributed by atoms with Crippen LogP contribution in [-0.2, 0) is 16.6 Å². The second-order valence-corrected chi connectivity index (χ2v) is 8.11. The Labute approximate surface area is 172 Å². The van der Waals surface area contributed by atoms with E-state index in [1.807, 2.05) is 4.72 Å². The summed E-state index contributed by atoms with van der Waals surface area (Å²) in [5, 5.41) is 9.51. The van der Waals surface area contributed by atoms with Crippen LogP contribution in [0.3, 0.4) is 0 Å². The number of hydrogen-bond donors (Lipinski definition) is 3. The molecule has 8 nitrogen and oxygen atoms in total. The average molecular weight is 436 g/mol. The Morgan fingerprint density at radius 2 is 2.00 bits per heavy atom. The Morgan fingerprint density at radius 1 is 1.23 bits per heavy atom. The number of aliphatic hydroxyl groups excluding tert-OH is 1. The standard InChI is InChI=1S/C20H21FN2O6S/c1-12-15-7-6-14(28-9-8-24)11-18(15)29-20(25)16(12)10-13-4-3-5-17(19(13)21)23-30(26,27)22-2/h3-7,11,22-24H,8-10H2,1-2H3. The van der Waals surface area contributed by atoms with Gasteiger partial charge in [0.25, 0.3) is 10.2 Å². The van der Waals surface area contributed by atoms with Gasteiger partial charge in [-0.2, -0.15) is 8.42 Å². The maximum absolute atomic E-state index is 14.8. The van der Waals surface area contributed by atoms with Gasteiger partial charge in [0.1, 0.15) is 17.9 Å². The number of nitrogens with one attached hydrogen (secondary N) is 2. The second kappa shape index (κ2) is 8.82. The van der Waals surface area contributed by atoms with Gasteiger partial charge in [0, 0.05) is 30.5 Å². The summed E-state index contributed by atoms with van der Waals surface area (Å²) in [6, 6.07) is 9.21. The zero-order chi connectivity index (χ0) is 21.9. The van der Waals surface area contributed by atoms with E-state index in [-0.39, 0.29) is 36.4 Å². The summed E-state index contributed by atoms with van der Waals surface area (Å²) < 4.78 is 53.0. The lowest BCUT2D eigenvalue weighted by atomic mass is 9.99. The van der Waals surface area contributed by atoms with Crippen LogP contribution in [0, 0.1) is 12.7 Å². The van der Waals surface area contributed by atoms with E-state index in [0.29, 0.717) is 22.3 Å². The maximum atomic E-state index is 14.8.